The van der Waals surface area contributed by atoms with Gasteiger partial charge in [-0.15, -0.1) is 0 Å². The van der Waals surface area contributed by atoms with Gasteiger partial charge in [-0.25, -0.2) is 0 Å². The number of amides is 1. The number of nitrogens with zero attached hydrogens (tertiary/aromatic N) is 1. The summed E-state index contributed by atoms with van der Waals surface area (Å²) in [5, 5.41) is 2.91. The minimum Gasteiger partial charge on any atom is -0.490 e. The van der Waals surface area contributed by atoms with Crippen molar-refractivity contribution in [2.24, 2.45) is 0 Å². The number of benzene rings is 2. The van der Waals surface area contributed by atoms with E-state index in [0.29, 0.717) is 36.0 Å². The van der Waals surface area contributed by atoms with Crippen LogP contribution in [0.1, 0.15) is 29.8 Å². The predicted molar refractivity (Wildman–Crippen MR) is 102 cm³/mol. The molecule has 0 aromatic heterocycles. The van der Waals surface area contributed by atoms with E-state index in [1.807, 2.05) is 70.1 Å². The highest BCUT2D eigenvalue weighted by atomic mass is 16.5. The van der Waals surface area contributed by atoms with E-state index in [1.54, 1.807) is 6.07 Å². The quantitative estimate of drug-likeness (QED) is 0.823. The Morgan fingerprint density at radius 1 is 1.00 bits per heavy atom. The third kappa shape index (κ3) is 4.66. The topological polar surface area (TPSA) is 50.8 Å². The number of rotatable bonds is 7. The Kier molecular flexibility index (Phi) is 6.28. The SMILES string of the molecule is CCOc1ccc(NC(=O)c2ccc(N(C)C)c(C)c2)cc1OCC. The molecule has 0 aliphatic heterocycles. The Labute approximate surface area is 149 Å². The number of nitrogens with one attached hydrogen (secondary N) is 1. The molecule has 5 nitrogen and oxygen atoms in total. The van der Waals surface area contributed by atoms with Gasteiger partial charge in [0.25, 0.3) is 5.91 Å². The van der Waals surface area contributed by atoms with Gasteiger partial charge in [0.15, 0.2) is 11.5 Å². The van der Waals surface area contributed by atoms with E-state index in [4.69, 9.17) is 9.47 Å². The van der Waals surface area contributed by atoms with Gasteiger partial charge >= 0.3 is 0 Å². The monoisotopic (exact) mass is 342 g/mol. The number of aryl methyl sites for hydroxylation is 1. The molecule has 5 heteroatoms. The number of ether oxygens (including phenoxy) is 2. The molecule has 134 valence electrons. The summed E-state index contributed by atoms with van der Waals surface area (Å²) in [5.41, 5.74) is 3.44. The Hall–Kier alpha value is -2.69. The lowest BCUT2D eigenvalue weighted by atomic mass is 10.1. The first-order chi connectivity index (χ1) is 12.0. The molecule has 2 rings (SSSR count). The maximum atomic E-state index is 12.5. The van der Waals surface area contributed by atoms with Crippen LogP contribution >= 0.6 is 0 Å². The fourth-order valence-electron chi connectivity index (χ4n) is 2.63. The summed E-state index contributed by atoms with van der Waals surface area (Å²) in [5.74, 6) is 1.15. The van der Waals surface area contributed by atoms with Crippen molar-refractivity contribution in [3.63, 3.8) is 0 Å². The second kappa shape index (κ2) is 8.42. The highest BCUT2D eigenvalue weighted by Crippen LogP contribution is 2.31. The number of carbonyl (C=O) groups is 1. The zero-order chi connectivity index (χ0) is 18.4. The van der Waals surface area contributed by atoms with Crippen molar-refractivity contribution in [1.82, 2.24) is 0 Å². The molecule has 0 aliphatic rings. The molecule has 0 bridgehead atoms. The van der Waals surface area contributed by atoms with E-state index in [2.05, 4.69) is 5.32 Å². The molecule has 0 aliphatic carbocycles. The molecule has 0 heterocycles. The van der Waals surface area contributed by atoms with Crippen LogP contribution in [0.3, 0.4) is 0 Å². The third-order valence-corrected chi connectivity index (χ3v) is 3.74. The Morgan fingerprint density at radius 3 is 2.28 bits per heavy atom. The van der Waals surface area contributed by atoms with Crippen LogP contribution in [0.2, 0.25) is 0 Å². The summed E-state index contributed by atoms with van der Waals surface area (Å²) in [6.07, 6.45) is 0. The molecule has 0 saturated carbocycles. The van der Waals surface area contributed by atoms with Crippen LogP contribution in [0.15, 0.2) is 36.4 Å². The summed E-state index contributed by atoms with van der Waals surface area (Å²) in [7, 11) is 3.97. The van der Waals surface area contributed by atoms with Crippen LogP contribution in [-0.2, 0) is 0 Å². The van der Waals surface area contributed by atoms with Gasteiger partial charge in [0.1, 0.15) is 0 Å². The average Bonchev–Trinajstić information content (AvgIpc) is 2.57. The highest BCUT2D eigenvalue weighted by Gasteiger charge is 2.11. The van der Waals surface area contributed by atoms with Crippen LogP contribution in [-0.4, -0.2) is 33.2 Å². The largest absolute Gasteiger partial charge is 0.490 e. The number of anilines is 2. The average molecular weight is 342 g/mol. The third-order valence-electron chi connectivity index (χ3n) is 3.74. The van der Waals surface area contributed by atoms with E-state index in [0.717, 1.165) is 11.3 Å². The molecular formula is C20H26N2O3. The van der Waals surface area contributed by atoms with Crippen molar-refractivity contribution in [3.05, 3.63) is 47.5 Å². The van der Waals surface area contributed by atoms with E-state index in [9.17, 15) is 4.79 Å². The maximum Gasteiger partial charge on any atom is 0.255 e. The summed E-state index contributed by atoms with van der Waals surface area (Å²) in [6.45, 7) is 6.92. The first-order valence-electron chi connectivity index (χ1n) is 8.45. The van der Waals surface area contributed by atoms with Crippen LogP contribution < -0.4 is 19.7 Å². The summed E-state index contributed by atoms with van der Waals surface area (Å²) >= 11 is 0. The molecule has 25 heavy (non-hydrogen) atoms. The fraction of sp³-hybridized carbons (Fsp3) is 0.350. The molecule has 1 N–H and O–H groups in total. The maximum absolute atomic E-state index is 12.5. The van der Waals surface area contributed by atoms with Crippen LogP contribution in [0.25, 0.3) is 0 Å². The van der Waals surface area contributed by atoms with Crippen molar-refractivity contribution in [2.75, 3.05) is 37.5 Å². The van der Waals surface area contributed by atoms with Gasteiger partial charge < -0.3 is 19.7 Å². The molecule has 0 fully saturated rings. The van der Waals surface area contributed by atoms with Gasteiger partial charge in [0, 0.05) is 37.1 Å². The van der Waals surface area contributed by atoms with Crippen LogP contribution in [0.4, 0.5) is 11.4 Å². The van der Waals surface area contributed by atoms with E-state index >= 15 is 0 Å². The Balaban J connectivity index is 2.19. The van der Waals surface area contributed by atoms with E-state index in [-0.39, 0.29) is 5.91 Å². The summed E-state index contributed by atoms with van der Waals surface area (Å²) in [6, 6.07) is 11.1. The van der Waals surface area contributed by atoms with Gasteiger partial charge in [-0.3, -0.25) is 4.79 Å². The molecule has 0 spiro atoms. The fourth-order valence-corrected chi connectivity index (χ4v) is 2.63. The lowest BCUT2D eigenvalue weighted by Gasteiger charge is -2.16. The normalized spacial score (nSPS) is 10.3. The van der Waals surface area contributed by atoms with Crippen molar-refractivity contribution in [2.45, 2.75) is 20.8 Å². The predicted octanol–water partition coefficient (Wildman–Crippen LogP) is 4.11. The Morgan fingerprint density at radius 2 is 1.68 bits per heavy atom. The minimum atomic E-state index is -0.153. The second-order valence-electron chi connectivity index (χ2n) is 5.88. The lowest BCUT2D eigenvalue weighted by molar-refractivity contribution is 0.102. The van der Waals surface area contributed by atoms with Gasteiger partial charge in [-0.05, 0) is 56.7 Å². The zero-order valence-electron chi connectivity index (χ0n) is 15.6. The highest BCUT2D eigenvalue weighted by molar-refractivity contribution is 6.04. The lowest BCUT2D eigenvalue weighted by Crippen LogP contribution is -2.14. The smallest absolute Gasteiger partial charge is 0.255 e. The van der Waals surface area contributed by atoms with Gasteiger partial charge in [0.05, 0.1) is 13.2 Å². The van der Waals surface area contributed by atoms with Crippen molar-refractivity contribution in [1.29, 1.82) is 0 Å². The zero-order valence-corrected chi connectivity index (χ0v) is 15.6. The van der Waals surface area contributed by atoms with E-state index in [1.165, 1.54) is 0 Å². The second-order valence-corrected chi connectivity index (χ2v) is 5.88. The van der Waals surface area contributed by atoms with Gasteiger partial charge in [-0.2, -0.15) is 0 Å². The summed E-state index contributed by atoms with van der Waals surface area (Å²) in [4.78, 5) is 14.6. The van der Waals surface area contributed by atoms with Crippen molar-refractivity contribution < 1.29 is 14.3 Å². The minimum absolute atomic E-state index is 0.153. The molecule has 0 saturated heterocycles. The van der Waals surface area contributed by atoms with Crippen LogP contribution in [0, 0.1) is 6.92 Å². The van der Waals surface area contributed by atoms with E-state index < -0.39 is 0 Å². The molecule has 0 atom stereocenters. The molecule has 0 radical (unpaired) electrons. The molecule has 1 amide bonds. The number of carbonyl (C=O) groups excluding carboxylic acids is 1. The molecule has 2 aromatic rings. The first kappa shape index (κ1) is 18.6. The van der Waals surface area contributed by atoms with Gasteiger partial charge in [0.2, 0.25) is 0 Å². The van der Waals surface area contributed by atoms with Crippen molar-refractivity contribution in [3.8, 4) is 11.5 Å². The molecular weight excluding hydrogens is 316 g/mol. The standard InChI is InChI=1S/C20H26N2O3/c1-6-24-18-11-9-16(13-19(18)25-7-2)21-20(23)15-8-10-17(22(4)5)14(3)12-15/h8-13H,6-7H2,1-5H3,(H,21,23). The number of hydrogen-bond acceptors (Lipinski definition) is 4. The number of hydrogen-bond donors (Lipinski definition) is 1. The van der Waals surface area contributed by atoms with Crippen LogP contribution in [0.5, 0.6) is 11.5 Å². The molecule has 0 unspecified atom stereocenters. The Bertz CT molecular complexity index is 742. The first-order valence-corrected chi connectivity index (χ1v) is 8.45. The summed E-state index contributed by atoms with van der Waals surface area (Å²) < 4.78 is 11.1. The van der Waals surface area contributed by atoms with Crippen molar-refractivity contribution >= 4 is 17.3 Å². The molecule has 2 aromatic carbocycles. The van der Waals surface area contributed by atoms with Gasteiger partial charge in [-0.1, -0.05) is 0 Å².